The van der Waals surface area contributed by atoms with Gasteiger partial charge in [0.05, 0.1) is 23.9 Å². The molecule has 0 saturated carbocycles. The van der Waals surface area contributed by atoms with E-state index in [0.29, 0.717) is 36.4 Å². The van der Waals surface area contributed by atoms with Gasteiger partial charge in [-0.15, -0.1) is 0 Å². The van der Waals surface area contributed by atoms with E-state index >= 15 is 0 Å². The Morgan fingerprint density at radius 3 is 2.30 bits per heavy atom. The van der Waals surface area contributed by atoms with Crippen molar-refractivity contribution in [3.05, 3.63) is 120 Å². The molecule has 0 bridgehead atoms. The van der Waals surface area contributed by atoms with Gasteiger partial charge in [-0.1, -0.05) is 85.4 Å². The molecule has 1 aliphatic heterocycles. The Labute approximate surface area is 275 Å². The number of carbonyl (C=O) groups excluding carboxylic acids is 2. The summed E-state index contributed by atoms with van der Waals surface area (Å²) in [6.45, 7) is 5.29. The van der Waals surface area contributed by atoms with E-state index < -0.39 is 18.1 Å². The number of likely N-dealkylation sites (N-methyl/N-ethyl adjacent to an activating group) is 1. The third-order valence-corrected chi connectivity index (χ3v) is 9.17. The molecule has 8 nitrogen and oxygen atoms in total. The Hall–Kier alpha value is -4.15. The number of anilines is 1. The molecular formula is C37H41N3O5S. The maximum Gasteiger partial charge on any atom is 0.258 e. The molecule has 240 valence electrons. The minimum Gasteiger partial charge on any atom is -0.486 e. The minimum atomic E-state index is -1.40. The second kappa shape index (κ2) is 15.4. The minimum absolute atomic E-state index is 0.100. The number of ether oxygens (including phenoxy) is 1. The van der Waals surface area contributed by atoms with E-state index in [0.717, 1.165) is 5.56 Å². The molecule has 0 aromatic heterocycles. The summed E-state index contributed by atoms with van der Waals surface area (Å²) < 4.78 is 6.64. The summed E-state index contributed by atoms with van der Waals surface area (Å²) in [5.74, 6) is -0.766. The monoisotopic (exact) mass is 639 g/mol. The number of fused-ring (bicyclic) bond motifs is 1. The lowest BCUT2D eigenvalue weighted by Crippen LogP contribution is -2.49. The second-order valence-electron chi connectivity index (χ2n) is 11.9. The first-order valence-electron chi connectivity index (χ1n) is 15.5. The van der Waals surface area contributed by atoms with Crippen LogP contribution in [-0.4, -0.2) is 70.7 Å². The molecule has 4 aromatic rings. The van der Waals surface area contributed by atoms with E-state index in [1.165, 1.54) is 9.79 Å². The topological polar surface area (TPSA) is 102 Å². The first kappa shape index (κ1) is 33.2. The summed E-state index contributed by atoms with van der Waals surface area (Å²) >= 11 is 1.72. The van der Waals surface area contributed by atoms with Crippen LogP contribution in [0, 0.1) is 5.92 Å². The van der Waals surface area contributed by atoms with E-state index in [9.17, 15) is 19.8 Å². The highest BCUT2D eigenvalue weighted by molar-refractivity contribution is 7.99. The fourth-order valence-electron chi connectivity index (χ4n) is 5.52. The molecule has 9 heteroatoms. The first-order chi connectivity index (χ1) is 22.2. The summed E-state index contributed by atoms with van der Waals surface area (Å²) in [4.78, 5) is 33.2. The highest BCUT2D eigenvalue weighted by atomic mass is 32.2. The van der Waals surface area contributed by atoms with Crippen LogP contribution in [0.25, 0.3) is 0 Å². The Morgan fingerprint density at radius 2 is 1.63 bits per heavy atom. The van der Waals surface area contributed by atoms with Gasteiger partial charge in [-0.3, -0.25) is 14.5 Å². The predicted octanol–water partition coefficient (Wildman–Crippen LogP) is 5.86. The van der Waals surface area contributed by atoms with Crippen LogP contribution in [0.2, 0.25) is 0 Å². The van der Waals surface area contributed by atoms with Gasteiger partial charge in [0.25, 0.3) is 11.8 Å². The van der Waals surface area contributed by atoms with Crippen molar-refractivity contribution in [2.75, 3.05) is 32.1 Å². The molecule has 5 rings (SSSR count). The number of aliphatic hydroxyl groups is 2. The number of aliphatic hydroxyl groups excluding tert-OH is 2. The zero-order valence-corrected chi connectivity index (χ0v) is 27.2. The lowest BCUT2D eigenvalue weighted by molar-refractivity contribution is -0.124. The van der Waals surface area contributed by atoms with Gasteiger partial charge in [0, 0.05) is 35.3 Å². The van der Waals surface area contributed by atoms with Crippen molar-refractivity contribution in [3.63, 3.8) is 0 Å². The van der Waals surface area contributed by atoms with E-state index in [4.69, 9.17) is 4.74 Å². The molecule has 0 fully saturated rings. The molecule has 46 heavy (non-hydrogen) atoms. The number of amides is 2. The molecule has 0 aliphatic carbocycles. The van der Waals surface area contributed by atoms with E-state index in [-0.39, 0.29) is 30.3 Å². The quantitative estimate of drug-likeness (QED) is 0.189. The third-order valence-electron chi connectivity index (χ3n) is 8.16. The third kappa shape index (κ3) is 8.16. The zero-order chi connectivity index (χ0) is 32.6. The Balaban J connectivity index is 1.36. The smallest absolute Gasteiger partial charge is 0.258 e. The van der Waals surface area contributed by atoms with Crippen molar-refractivity contribution in [2.45, 2.75) is 48.4 Å². The molecule has 0 spiro atoms. The van der Waals surface area contributed by atoms with E-state index in [1.54, 1.807) is 59.1 Å². The average Bonchev–Trinajstić information content (AvgIpc) is 3.07. The van der Waals surface area contributed by atoms with Gasteiger partial charge in [-0.25, -0.2) is 0 Å². The molecule has 4 aromatic carbocycles. The SMILES string of the molecule is CC(CO)N1C[C@@H](C)[C@@H](CN(C)Cc2ccc(Sc3ccccc3)cc2)Oc2c(NC(=O)C(O)c3ccccc3)cccc2C1=O. The molecule has 0 radical (unpaired) electrons. The van der Waals surface area contributed by atoms with Gasteiger partial charge < -0.3 is 25.2 Å². The van der Waals surface area contributed by atoms with Crippen molar-refractivity contribution in [2.24, 2.45) is 5.92 Å². The molecule has 4 atom stereocenters. The maximum atomic E-state index is 13.8. The summed E-state index contributed by atoms with van der Waals surface area (Å²) in [5.41, 5.74) is 2.21. The van der Waals surface area contributed by atoms with Gasteiger partial charge in [0.1, 0.15) is 6.10 Å². The number of para-hydroxylation sites is 1. The number of hydrogen-bond acceptors (Lipinski definition) is 7. The number of rotatable bonds is 11. The zero-order valence-electron chi connectivity index (χ0n) is 26.4. The Kier molecular flexibility index (Phi) is 11.1. The van der Waals surface area contributed by atoms with Gasteiger partial charge in [-0.05, 0) is 61.5 Å². The highest BCUT2D eigenvalue weighted by Gasteiger charge is 2.35. The van der Waals surface area contributed by atoms with E-state index in [2.05, 4.69) is 46.6 Å². The first-order valence-corrected chi connectivity index (χ1v) is 16.3. The summed E-state index contributed by atoms with van der Waals surface area (Å²) in [6, 6.07) is 32.1. The normalized spacial score (nSPS) is 17.8. The van der Waals surface area contributed by atoms with Crippen molar-refractivity contribution in [1.29, 1.82) is 0 Å². The largest absolute Gasteiger partial charge is 0.486 e. The van der Waals surface area contributed by atoms with Crippen molar-refractivity contribution >= 4 is 29.3 Å². The van der Waals surface area contributed by atoms with Gasteiger partial charge in [0.15, 0.2) is 11.9 Å². The van der Waals surface area contributed by atoms with Gasteiger partial charge in [-0.2, -0.15) is 0 Å². The number of hydrogen-bond donors (Lipinski definition) is 3. The Morgan fingerprint density at radius 1 is 0.978 bits per heavy atom. The highest BCUT2D eigenvalue weighted by Crippen LogP contribution is 2.36. The number of benzene rings is 4. The molecule has 0 saturated heterocycles. The average molecular weight is 640 g/mol. The van der Waals surface area contributed by atoms with Crippen LogP contribution in [0.3, 0.4) is 0 Å². The summed E-state index contributed by atoms with van der Waals surface area (Å²) in [5, 5.41) is 23.5. The maximum absolute atomic E-state index is 13.8. The van der Waals surface area contributed by atoms with Crippen LogP contribution in [0.15, 0.2) is 113 Å². The summed E-state index contributed by atoms with van der Waals surface area (Å²) in [7, 11) is 2.03. The number of nitrogens with zero attached hydrogens (tertiary/aromatic N) is 2. The molecule has 2 unspecified atom stereocenters. The molecular weight excluding hydrogens is 598 g/mol. The van der Waals surface area contributed by atoms with Crippen LogP contribution in [0.5, 0.6) is 5.75 Å². The van der Waals surface area contributed by atoms with Crippen molar-refractivity contribution in [1.82, 2.24) is 9.80 Å². The lowest BCUT2D eigenvalue weighted by Gasteiger charge is -2.38. The number of carbonyl (C=O) groups is 2. The molecule has 2 amide bonds. The standard InChI is InChI=1S/C37H41N3O5S/c1-25-21-40(26(2)24-41)37(44)31-15-10-16-32(38-36(43)34(42)28-11-6-4-7-12-28)35(31)45-33(25)23-39(3)22-27-17-19-30(20-18-27)46-29-13-8-5-9-14-29/h4-20,25-26,33-34,41-42H,21-24H2,1-3H3,(H,38,43)/t25-,26?,33-,34?/m1/s1. The second-order valence-corrected chi connectivity index (χ2v) is 13.0. The fourth-order valence-corrected chi connectivity index (χ4v) is 6.36. The van der Waals surface area contributed by atoms with Crippen LogP contribution < -0.4 is 10.1 Å². The lowest BCUT2D eigenvalue weighted by atomic mass is 9.98. The van der Waals surface area contributed by atoms with Gasteiger partial charge in [0.2, 0.25) is 0 Å². The van der Waals surface area contributed by atoms with Gasteiger partial charge >= 0.3 is 0 Å². The van der Waals surface area contributed by atoms with Crippen molar-refractivity contribution < 1.29 is 24.5 Å². The van der Waals surface area contributed by atoms with Crippen LogP contribution >= 0.6 is 11.8 Å². The molecule has 1 heterocycles. The van der Waals surface area contributed by atoms with Crippen LogP contribution in [-0.2, 0) is 11.3 Å². The molecule has 3 N–H and O–H groups in total. The summed E-state index contributed by atoms with van der Waals surface area (Å²) in [6.07, 6.45) is -1.75. The van der Waals surface area contributed by atoms with Crippen LogP contribution in [0.4, 0.5) is 5.69 Å². The van der Waals surface area contributed by atoms with E-state index in [1.807, 2.05) is 45.2 Å². The predicted molar refractivity (Wildman–Crippen MR) is 181 cm³/mol. The van der Waals surface area contributed by atoms with Crippen LogP contribution in [0.1, 0.15) is 41.4 Å². The Bertz CT molecular complexity index is 1600. The number of nitrogens with one attached hydrogen (secondary N) is 1. The molecule has 1 aliphatic rings. The fraction of sp³-hybridized carbons (Fsp3) is 0.297. The van der Waals surface area contributed by atoms with Crippen molar-refractivity contribution in [3.8, 4) is 5.75 Å².